The highest BCUT2D eigenvalue weighted by molar-refractivity contribution is 8.39. The molecule has 2 atom stereocenters. The van der Waals surface area contributed by atoms with Gasteiger partial charge < -0.3 is 10.1 Å². The number of anilines is 1. The monoisotopic (exact) mass is 385 g/mol. The summed E-state index contributed by atoms with van der Waals surface area (Å²) >= 11 is 8.11. The van der Waals surface area contributed by atoms with Gasteiger partial charge in [0.1, 0.15) is 20.9 Å². The van der Waals surface area contributed by atoms with Crippen LogP contribution in [0.4, 0.5) is 18.9 Å². The van der Waals surface area contributed by atoms with Crippen LogP contribution < -0.4 is 5.32 Å². The molecular weight excluding hydrogens is 375 g/mol. The van der Waals surface area contributed by atoms with E-state index in [-0.39, 0.29) is 10.8 Å². The molecule has 5 nitrogen and oxygen atoms in total. The van der Waals surface area contributed by atoms with E-state index in [1.807, 2.05) is 0 Å². The zero-order valence-electron chi connectivity index (χ0n) is 11.8. The lowest BCUT2D eigenvalue weighted by Crippen LogP contribution is -2.34. The molecule has 0 fully saturated rings. The molecule has 11 heteroatoms. The number of hydrogen-bond donors (Lipinski definition) is 1. The molecule has 2 heterocycles. The fraction of sp³-hybridized carbons (Fsp3) is 0.417. The van der Waals surface area contributed by atoms with E-state index < -0.39 is 29.1 Å². The Labute approximate surface area is 143 Å². The second-order valence-corrected chi connectivity index (χ2v) is 6.87. The predicted octanol–water partition coefficient (Wildman–Crippen LogP) is 3.50. The third-order valence-corrected chi connectivity index (χ3v) is 5.31. The molecule has 2 rings (SSSR count). The Morgan fingerprint density at radius 2 is 2.22 bits per heavy atom. The number of nitrogens with zero attached hydrogens (tertiary/aromatic N) is 2. The van der Waals surface area contributed by atoms with E-state index in [1.54, 1.807) is 6.26 Å². The van der Waals surface area contributed by atoms with Crippen LogP contribution in [0.15, 0.2) is 17.3 Å². The molecule has 0 amide bonds. The largest absolute Gasteiger partial charge is 0.468 e. The number of carbonyl (C=O) groups is 1. The molecular formula is C12H11ClF3N3O2S2. The molecule has 0 aliphatic carbocycles. The third kappa shape index (κ3) is 4.24. The van der Waals surface area contributed by atoms with E-state index >= 15 is 0 Å². The van der Waals surface area contributed by atoms with Gasteiger partial charge in [-0.15, -0.1) is 11.8 Å². The molecule has 126 valence electrons. The van der Waals surface area contributed by atoms with Crippen LogP contribution in [0.1, 0.15) is 5.56 Å². The Hall–Kier alpha value is -1.13. The average molecular weight is 386 g/mol. The van der Waals surface area contributed by atoms with Crippen LogP contribution in [0, 0.1) is 0 Å². The lowest BCUT2D eigenvalue weighted by molar-refractivity contribution is -0.140. The molecule has 0 saturated heterocycles. The quantitative estimate of drug-likeness (QED) is 0.634. The zero-order valence-corrected chi connectivity index (χ0v) is 14.2. The van der Waals surface area contributed by atoms with Crippen LogP contribution in [-0.4, -0.2) is 40.1 Å². The number of aliphatic imine (C=N–C) groups is 1. The molecule has 2 unspecified atom stereocenters. The summed E-state index contributed by atoms with van der Waals surface area (Å²) in [6.45, 7) is 0. The molecule has 0 spiro atoms. The van der Waals surface area contributed by atoms with Crippen molar-refractivity contribution in [2.75, 3.05) is 18.7 Å². The molecule has 1 aromatic heterocycles. The van der Waals surface area contributed by atoms with E-state index in [9.17, 15) is 18.0 Å². The number of thioether (sulfide) groups is 2. The standard InChI is InChI=1S/C12H11ClF3N3O2S2/c1-21-10(20)8-9(19-11(22-2)23-8)18-6-3-7(13)17-4-5(6)12(14,15)16/h3-4,8-9H,1-2H3,(H,17,18). The summed E-state index contributed by atoms with van der Waals surface area (Å²) in [5, 5.41) is 1.74. The highest BCUT2D eigenvalue weighted by atomic mass is 35.5. The highest BCUT2D eigenvalue weighted by Crippen LogP contribution is 2.38. The van der Waals surface area contributed by atoms with E-state index in [0.29, 0.717) is 10.6 Å². The van der Waals surface area contributed by atoms with Gasteiger partial charge in [0, 0.05) is 6.20 Å². The maximum atomic E-state index is 13.1. The summed E-state index contributed by atoms with van der Waals surface area (Å²) in [4.78, 5) is 19.5. The van der Waals surface area contributed by atoms with Gasteiger partial charge in [0.2, 0.25) is 0 Å². The van der Waals surface area contributed by atoms with Crippen molar-refractivity contribution in [1.82, 2.24) is 4.98 Å². The average Bonchev–Trinajstić information content (AvgIpc) is 2.88. The van der Waals surface area contributed by atoms with Crippen molar-refractivity contribution < 1.29 is 22.7 Å². The van der Waals surface area contributed by atoms with Crippen molar-refractivity contribution in [2.24, 2.45) is 4.99 Å². The lowest BCUT2D eigenvalue weighted by atomic mass is 10.2. The molecule has 1 N–H and O–H groups in total. The number of carbonyl (C=O) groups excluding carboxylic acids is 1. The van der Waals surface area contributed by atoms with Gasteiger partial charge in [-0.3, -0.25) is 4.79 Å². The normalized spacial score (nSPS) is 21.0. The second kappa shape index (κ2) is 7.18. The number of esters is 1. The van der Waals surface area contributed by atoms with Gasteiger partial charge >= 0.3 is 12.1 Å². The summed E-state index contributed by atoms with van der Waals surface area (Å²) in [7, 11) is 1.21. The van der Waals surface area contributed by atoms with Crippen LogP contribution in [-0.2, 0) is 15.7 Å². The minimum absolute atomic E-state index is 0.102. The number of aromatic nitrogens is 1. The lowest BCUT2D eigenvalue weighted by Gasteiger charge is -2.20. The first kappa shape index (κ1) is 18.2. The molecule has 0 bridgehead atoms. The van der Waals surface area contributed by atoms with Gasteiger partial charge in [-0.2, -0.15) is 13.2 Å². The number of pyridine rings is 1. The summed E-state index contributed by atoms with van der Waals surface area (Å²) in [6.07, 6.45) is -3.11. The van der Waals surface area contributed by atoms with Crippen LogP contribution in [0.3, 0.4) is 0 Å². The fourth-order valence-electron chi connectivity index (χ4n) is 1.82. The van der Waals surface area contributed by atoms with Gasteiger partial charge in [-0.05, 0) is 12.3 Å². The highest BCUT2D eigenvalue weighted by Gasteiger charge is 2.39. The summed E-state index contributed by atoms with van der Waals surface area (Å²) in [5.41, 5.74) is -1.27. The van der Waals surface area contributed by atoms with E-state index in [0.717, 1.165) is 17.8 Å². The van der Waals surface area contributed by atoms with Gasteiger partial charge in [-0.1, -0.05) is 23.4 Å². The van der Waals surface area contributed by atoms with E-state index in [2.05, 4.69) is 20.0 Å². The SMILES string of the molecule is COC(=O)C1SC(SC)=NC1Nc1cc(Cl)ncc1C(F)(F)F. The number of methoxy groups -OCH3 is 1. The number of alkyl halides is 3. The Bertz CT molecular complexity index is 642. The molecule has 0 saturated carbocycles. The Morgan fingerprint density at radius 1 is 1.52 bits per heavy atom. The first-order valence-electron chi connectivity index (χ1n) is 6.11. The molecule has 23 heavy (non-hydrogen) atoms. The van der Waals surface area contributed by atoms with Crippen LogP contribution in [0.25, 0.3) is 0 Å². The molecule has 1 aliphatic heterocycles. The maximum absolute atomic E-state index is 13.1. The van der Waals surface area contributed by atoms with E-state index in [4.69, 9.17) is 11.6 Å². The molecule has 1 aliphatic rings. The number of rotatable bonds is 3. The van der Waals surface area contributed by atoms with Crippen molar-refractivity contribution in [2.45, 2.75) is 17.6 Å². The Morgan fingerprint density at radius 3 is 2.78 bits per heavy atom. The smallest absolute Gasteiger partial charge is 0.419 e. The topological polar surface area (TPSA) is 63.6 Å². The van der Waals surface area contributed by atoms with Crippen LogP contribution in [0.2, 0.25) is 5.15 Å². The number of halogens is 4. The summed E-state index contributed by atoms with van der Waals surface area (Å²) < 4.78 is 44.4. The van der Waals surface area contributed by atoms with Crippen LogP contribution >= 0.6 is 35.1 Å². The Balaban J connectivity index is 2.34. The number of hydrogen-bond acceptors (Lipinski definition) is 7. The molecule has 0 aromatic carbocycles. The minimum atomic E-state index is -4.61. The van der Waals surface area contributed by atoms with Gasteiger partial charge in [0.05, 0.1) is 18.4 Å². The predicted molar refractivity (Wildman–Crippen MR) is 86.0 cm³/mol. The Kier molecular flexibility index (Phi) is 5.69. The molecule has 1 aromatic rings. The van der Waals surface area contributed by atoms with Crippen molar-refractivity contribution in [1.29, 1.82) is 0 Å². The van der Waals surface area contributed by atoms with Crippen molar-refractivity contribution in [3.63, 3.8) is 0 Å². The van der Waals surface area contributed by atoms with Crippen molar-refractivity contribution in [3.8, 4) is 0 Å². The minimum Gasteiger partial charge on any atom is -0.468 e. The summed E-state index contributed by atoms with van der Waals surface area (Å²) in [5.74, 6) is -0.575. The van der Waals surface area contributed by atoms with Gasteiger partial charge in [0.15, 0.2) is 0 Å². The maximum Gasteiger partial charge on any atom is 0.419 e. The summed E-state index contributed by atoms with van der Waals surface area (Å²) in [6, 6.07) is 1.05. The third-order valence-electron chi connectivity index (χ3n) is 2.85. The number of nitrogens with one attached hydrogen (secondary N) is 1. The molecule has 0 radical (unpaired) electrons. The first-order valence-corrected chi connectivity index (χ1v) is 8.60. The van der Waals surface area contributed by atoms with Gasteiger partial charge in [-0.25, -0.2) is 9.98 Å². The fourth-order valence-corrected chi connectivity index (χ4v) is 3.74. The van der Waals surface area contributed by atoms with Crippen molar-refractivity contribution >= 4 is 51.2 Å². The van der Waals surface area contributed by atoms with Gasteiger partial charge in [0.25, 0.3) is 0 Å². The second-order valence-electron chi connectivity index (χ2n) is 4.30. The van der Waals surface area contributed by atoms with Crippen molar-refractivity contribution in [3.05, 3.63) is 23.0 Å². The van der Waals surface area contributed by atoms with E-state index in [1.165, 1.54) is 18.9 Å². The zero-order chi connectivity index (χ0) is 17.2. The number of ether oxygens (including phenoxy) is 1. The first-order chi connectivity index (χ1) is 10.8. The van der Waals surface area contributed by atoms with Crippen LogP contribution in [0.5, 0.6) is 0 Å².